The highest BCUT2D eigenvalue weighted by Gasteiger charge is 2.30. The molecule has 4 nitrogen and oxygen atoms in total. The summed E-state index contributed by atoms with van der Waals surface area (Å²) in [7, 11) is 0. The van der Waals surface area contributed by atoms with Crippen LogP contribution in [-0.4, -0.2) is 35.1 Å². The van der Waals surface area contributed by atoms with Gasteiger partial charge in [-0.05, 0) is 47.9 Å². The minimum Gasteiger partial charge on any atom is -0.355 e. The van der Waals surface area contributed by atoms with Crippen LogP contribution >= 0.6 is 50.9 Å². The van der Waals surface area contributed by atoms with E-state index in [9.17, 15) is 9.59 Å². The van der Waals surface area contributed by atoms with Gasteiger partial charge in [-0.15, -0.1) is 11.8 Å². The minimum absolute atomic E-state index is 0.104. The van der Waals surface area contributed by atoms with Crippen molar-refractivity contribution in [3.63, 3.8) is 0 Å². The second-order valence-corrected chi connectivity index (χ2v) is 10.7. The van der Waals surface area contributed by atoms with E-state index in [0.717, 1.165) is 21.2 Å². The molecule has 0 aliphatic heterocycles. The van der Waals surface area contributed by atoms with E-state index in [0.29, 0.717) is 35.3 Å². The summed E-state index contributed by atoms with van der Waals surface area (Å²) in [6.07, 6.45) is 0.431. The molecule has 0 heterocycles. The molecule has 1 atom stereocenters. The highest BCUT2D eigenvalue weighted by molar-refractivity contribution is 9.10. The number of thioether (sulfide) groups is 1. The molecule has 0 radical (unpaired) electrons. The molecule has 3 rings (SSSR count). The van der Waals surface area contributed by atoms with Crippen molar-refractivity contribution < 1.29 is 9.59 Å². The van der Waals surface area contributed by atoms with Crippen molar-refractivity contribution in [1.29, 1.82) is 0 Å². The van der Waals surface area contributed by atoms with Crippen molar-refractivity contribution in [1.82, 2.24) is 10.2 Å². The molecule has 0 bridgehead atoms. The van der Waals surface area contributed by atoms with Crippen molar-refractivity contribution in [3.05, 3.63) is 104 Å². The molecule has 0 spiro atoms. The number of hydrogen-bond donors (Lipinski definition) is 1. The van der Waals surface area contributed by atoms with Crippen LogP contribution in [0.5, 0.6) is 0 Å². The van der Waals surface area contributed by atoms with Gasteiger partial charge in [0.15, 0.2) is 0 Å². The number of rotatable bonds is 11. The van der Waals surface area contributed by atoms with E-state index in [4.69, 9.17) is 23.2 Å². The van der Waals surface area contributed by atoms with Crippen LogP contribution in [0.3, 0.4) is 0 Å². The molecular weight excluding hydrogens is 567 g/mol. The zero-order chi connectivity index (χ0) is 25.2. The van der Waals surface area contributed by atoms with Gasteiger partial charge >= 0.3 is 0 Å². The van der Waals surface area contributed by atoms with Crippen molar-refractivity contribution in [2.24, 2.45) is 0 Å². The molecule has 3 aromatic carbocycles. The van der Waals surface area contributed by atoms with E-state index in [-0.39, 0.29) is 17.6 Å². The van der Waals surface area contributed by atoms with Gasteiger partial charge in [0.1, 0.15) is 6.04 Å². The van der Waals surface area contributed by atoms with Gasteiger partial charge in [-0.25, -0.2) is 0 Å². The number of amides is 2. The molecule has 0 saturated heterocycles. The second-order valence-electron chi connectivity index (χ2n) is 7.98. The lowest BCUT2D eigenvalue weighted by molar-refractivity contribution is -0.139. The molecule has 3 aromatic rings. The fourth-order valence-corrected chi connectivity index (χ4v) is 5.56. The standard InChI is InChI=1S/C27H27BrCl2N2O2S/c1-2-31-27(34)25(14-19-7-4-3-5-8-19)32(16-20-9-6-10-22(28)13-20)26(33)18-35-17-21-11-12-23(29)15-24(21)30/h3-13,15,25H,2,14,16-18H2,1H3,(H,31,34)/t25-/m0/s1. The first-order valence-corrected chi connectivity index (χ1v) is 13.9. The molecule has 0 aliphatic carbocycles. The van der Waals surface area contributed by atoms with E-state index < -0.39 is 6.04 Å². The third-order valence-electron chi connectivity index (χ3n) is 5.36. The summed E-state index contributed by atoms with van der Waals surface area (Å²) >= 11 is 17.3. The first-order valence-electron chi connectivity index (χ1n) is 11.2. The largest absolute Gasteiger partial charge is 0.355 e. The maximum absolute atomic E-state index is 13.6. The topological polar surface area (TPSA) is 49.4 Å². The number of halogens is 3. The third-order valence-corrected chi connectivity index (χ3v) is 7.41. The lowest BCUT2D eigenvalue weighted by atomic mass is 10.0. The number of hydrogen-bond acceptors (Lipinski definition) is 3. The molecule has 8 heteroatoms. The monoisotopic (exact) mass is 592 g/mol. The van der Waals surface area contributed by atoms with Crippen LogP contribution < -0.4 is 5.32 Å². The molecule has 0 saturated carbocycles. The van der Waals surface area contributed by atoms with Gasteiger partial charge in [0, 0.05) is 39.8 Å². The first-order chi connectivity index (χ1) is 16.9. The van der Waals surface area contributed by atoms with Crippen LogP contribution in [0.25, 0.3) is 0 Å². The maximum atomic E-state index is 13.6. The van der Waals surface area contributed by atoms with Crippen LogP contribution in [0.1, 0.15) is 23.6 Å². The Morgan fingerprint density at radius 3 is 2.43 bits per heavy atom. The van der Waals surface area contributed by atoms with Crippen molar-refractivity contribution in [2.75, 3.05) is 12.3 Å². The fraction of sp³-hybridized carbons (Fsp3) is 0.259. The molecule has 184 valence electrons. The number of carbonyl (C=O) groups is 2. The number of nitrogens with zero attached hydrogens (tertiary/aromatic N) is 1. The average Bonchev–Trinajstić information content (AvgIpc) is 2.83. The van der Waals surface area contributed by atoms with Gasteiger partial charge in [-0.1, -0.05) is 87.7 Å². The SMILES string of the molecule is CCNC(=O)[C@H](Cc1ccccc1)N(Cc1cccc(Br)c1)C(=O)CSCc1ccc(Cl)cc1Cl. The van der Waals surface area contributed by atoms with E-state index in [1.165, 1.54) is 11.8 Å². The number of benzene rings is 3. The van der Waals surface area contributed by atoms with Gasteiger partial charge in [0.2, 0.25) is 11.8 Å². The summed E-state index contributed by atoms with van der Waals surface area (Å²) < 4.78 is 0.923. The molecule has 0 aromatic heterocycles. The van der Waals surface area contributed by atoms with Crippen molar-refractivity contribution in [2.45, 2.75) is 31.7 Å². The number of nitrogens with one attached hydrogen (secondary N) is 1. The van der Waals surface area contributed by atoms with Crippen molar-refractivity contribution >= 4 is 62.7 Å². The molecule has 0 fully saturated rings. The summed E-state index contributed by atoms with van der Waals surface area (Å²) in [6.45, 7) is 2.70. The molecule has 2 amide bonds. The minimum atomic E-state index is -0.636. The summed E-state index contributed by atoms with van der Waals surface area (Å²) in [5.41, 5.74) is 2.86. The lowest BCUT2D eigenvalue weighted by Gasteiger charge is -2.31. The Balaban J connectivity index is 1.83. The Kier molecular flexibility index (Phi) is 11.0. The van der Waals surface area contributed by atoms with Gasteiger partial charge in [-0.3, -0.25) is 9.59 Å². The van der Waals surface area contributed by atoms with Crippen molar-refractivity contribution in [3.8, 4) is 0 Å². The molecular formula is C27H27BrCl2N2O2S. The van der Waals surface area contributed by atoms with E-state index >= 15 is 0 Å². The summed E-state index contributed by atoms with van der Waals surface area (Å²) in [6, 6.07) is 22.3. The van der Waals surface area contributed by atoms with Gasteiger partial charge in [0.25, 0.3) is 0 Å². The number of carbonyl (C=O) groups excluding carboxylic acids is 2. The molecule has 35 heavy (non-hydrogen) atoms. The fourth-order valence-electron chi connectivity index (χ4n) is 3.65. The van der Waals surface area contributed by atoms with Crippen LogP contribution in [0, 0.1) is 0 Å². The van der Waals surface area contributed by atoms with E-state index in [2.05, 4.69) is 21.2 Å². The smallest absolute Gasteiger partial charge is 0.243 e. The lowest BCUT2D eigenvalue weighted by Crippen LogP contribution is -2.51. The zero-order valence-electron chi connectivity index (χ0n) is 19.3. The Labute approximate surface area is 229 Å². The Hall–Kier alpha value is -1.99. The van der Waals surface area contributed by atoms with Crippen LogP contribution in [0.15, 0.2) is 77.3 Å². The number of likely N-dealkylation sites (N-methyl/N-ethyl adjacent to an activating group) is 1. The molecule has 0 aliphatic rings. The van der Waals surface area contributed by atoms with Gasteiger partial charge in [-0.2, -0.15) is 0 Å². The highest BCUT2D eigenvalue weighted by Crippen LogP contribution is 2.25. The Morgan fingerprint density at radius 2 is 1.74 bits per heavy atom. The molecule has 0 unspecified atom stereocenters. The van der Waals surface area contributed by atoms with E-state index in [1.807, 2.05) is 67.6 Å². The van der Waals surface area contributed by atoms with Gasteiger partial charge < -0.3 is 10.2 Å². The average molecular weight is 594 g/mol. The predicted octanol–water partition coefficient (Wildman–Crippen LogP) is 6.77. The van der Waals surface area contributed by atoms with Crippen LogP contribution in [-0.2, 0) is 28.3 Å². The third kappa shape index (κ3) is 8.57. The van der Waals surface area contributed by atoms with Crippen LogP contribution in [0.2, 0.25) is 10.0 Å². The van der Waals surface area contributed by atoms with Gasteiger partial charge in [0.05, 0.1) is 5.75 Å². The maximum Gasteiger partial charge on any atom is 0.243 e. The summed E-state index contributed by atoms with van der Waals surface area (Å²) in [4.78, 5) is 28.4. The summed E-state index contributed by atoms with van der Waals surface area (Å²) in [5.74, 6) is 0.520. The van der Waals surface area contributed by atoms with E-state index in [1.54, 1.807) is 17.0 Å². The van der Waals surface area contributed by atoms with Crippen LogP contribution in [0.4, 0.5) is 0 Å². The normalized spacial score (nSPS) is 11.7. The molecule has 1 N–H and O–H groups in total. The second kappa shape index (κ2) is 13.9. The zero-order valence-corrected chi connectivity index (χ0v) is 23.3. The first kappa shape index (κ1) is 27.6. The summed E-state index contributed by atoms with van der Waals surface area (Å²) in [5, 5.41) is 4.07. The quantitative estimate of drug-likeness (QED) is 0.267. The Bertz CT molecular complexity index is 1150. The Morgan fingerprint density at radius 1 is 1.00 bits per heavy atom. The predicted molar refractivity (Wildman–Crippen MR) is 150 cm³/mol. The highest BCUT2D eigenvalue weighted by atomic mass is 79.9.